The molecular formula is C12H19N3O3. The number of nitro groups is 1. The van der Waals surface area contributed by atoms with Crippen LogP contribution in [0.15, 0.2) is 18.2 Å². The zero-order chi connectivity index (χ0) is 13.7. The maximum atomic E-state index is 10.9. The Kier molecular flexibility index (Phi) is 5.06. The van der Waals surface area contributed by atoms with Gasteiger partial charge in [-0.05, 0) is 19.7 Å². The Labute approximate surface area is 106 Å². The van der Waals surface area contributed by atoms with Gasteiger partial charge >= 0.3 is 0 Å². The fourth-order valence-electron chi connectivity index (χ4n) is 1.94. The molecule has 0 spiro atoms. The van der Waals surface area contributed by atoms with E-state index in [1.807, 2.05) is 19.0 Å². The number of nitrogens with zero attached hydrogens (tertiary/aromatic N) is 2. The Balaban J connectivity index is 2.95. The molecule has 0 radical (unpaired) electrons. The third-order valence-corrected chi connectivity index (χ3v) is 2.61. The minimum atomic E-state index is -0.547. The van der Waals surface area contributed by atoms with Gasteiger partial charge in [-0.3, -0.25) is 10.1 Å². The molecule has 0 bridgehead atoms. The Hall–Kier alpha value is -1.66. The van der Waals surface area contributed by atoms with Crippen LogP contribution in [0.1, 0.15) is 5.56 Å². The summed E-state index contributed by atoms with van der Waals surface area (Å²) in [6, 6.07) is 4.88. The standard InChI is InChI=1S/C12H19N3O3/c1-13-12-9(7-10(16)8-14(2)3)5-4-6-11(12)15(17)18/h4-6,10,13,16H,7-8H2,1-3H3. The highest BCUT2D eigenvalue weighted by atomic mass is 16.6. The van der Waals surface area contributed by atoms with E-state index in [2.05, 4.69) is 5.32 Å². The van der Waals surface area contributed by atoms with Crippen molar-refractivity contribution in [3.63, 3.8) is 0 Å². The summed E-state index contributed by atoms with van der Waals surface area (Å²) in [4.78, 5) is 12.3. The maximum absolute atomic E-state index is 10.9. The van der Waals surface area contributed by atoms with Gasteiger partial charge in [0, 0.05) is 26.1 Å². The molecule has 0 aromatic heterocycles. The molecule has 0 amide bonds. The summed E-state index contributed by atoms with van der Waals surface area (Å²) in [5, 5.41) is 23.6. The number of aliphatic hydroxyl groups is 1. The molecule has 1 aromatic rings. The Morgan fingerprint density at radius 2 is 2.17 bits per heavy atom. The number of anilines is 1. The van der Waals surface area contributed by atoms with E-state index in [4.69, 9.17) is 0 Å². The lowest BCUT2D eigenvalue weighted by Gasteiger charge is -2.17. The summed E-state index contributed by atoms with van der Waals surface area (Å²) in [6.45, 7) is 0.520. The number of rotatable bonds is 6. The van der Waals surface area contributed by atoms with E-state index < -0.39 is 11.0 Å². The highest BCUT2D eigenvalue weighted by molar-refractivity contribution is 5.66. The van der Waals surface area contributed by atoms with E-state index in [1.165, 1.54) is 6.07 Å². The van der Waals surface area contributed by atoms with Gasteiger partial charge in [0.1, 0.15) is 5.69 Å². The lowest BCUT2D eigenvalue weighted by atomic mass is 10.0. The summed E-state index contributed by atoms with van der Waals surface area (Å²) in [6.07, 6.45) is -0.162. The number of para-hydroxylation sites is 1. The second-order valence-corrected chi connectivity index (χ2v) is 4.44. The third-order valence-electron chi connectivity index (χ3n) is 2.61. The largest absolute Gasteiger partial charge is 0.391 e. The number of nitrogens with one attached hydrogen (secondary N) is 1. The molecule has 6 heteroatoms. The van der Waals surface area contributed by atoms with Crippen molar-refractivity contribution in [1.82, 2.24) is 4.90 Å². The van der Waals surface area contributed by atoms with Gasteiger partial charge in [-0.25, -0.2) is 0 Å². The molecule has 0 saturated carbocycles. The Morgan fingerprint density at radius 3 is 2.67 bits per heavy atom. The lowest BCUT2D eigenvalue weighted by molar-refractivity contribution is -0.384. The molecule has 0 fully saturated rings. The molecule has 18 heavy (non-hydrogen) atoms. The van der Waals surface area contributed by atoms with Crippen LogP contribution >= 0.6 is 0 Å². The van der Waals surface area contributed by atoms with Crippen molar-refractivity contribution in [2.45, 2.75) is 12.5 Å². The molecule has 100 valence electrons. The zero-order valence-corrected chi connectivity index (χ0v) is 10.9. The second kappa shape index (κ2) is 6.32. The molecular weight excluding hydrogens is 234 g/mol. The minimum absolute atomic E-state index is 0.0343. The first-order valence-electron chi connectivity index (χ1n) is 5.72. The first kappa shape index (κ1) is 14.4. The molecule has 1 unspecified atom stereocenters. The Bertz CT molecular complexity index is 421. The van der Waals surface area contributed by atoms with Crippen LogP contribution in [-0.2, 0) is 6.42 Å². The van der Waals surface area contributed by atoms with Crippen molar-refractivity contribution >= 4 is 11.4 Å². The van der Waals surface area contributed by atoms with Crippen molar-refractivity contribution in [1.29, 1.82) is 0 Å². The van der Waals surface area contributed by atoms with E-state index in [0.29, 0.717) is 18.7 Å². The maximum Gasteiger partial charge on any atom is 0.292 e. The lowest BCUT2D eigenvalue weighted by Crippen LogP contribution is -2.27. The summed E-state index contributed by atoms with van der Waals surface area (Å²) >= 11 is 0. The SMILES string of the molecule is CNc1c(CC(O)CN(C)C)cccc1[N+](=O)[O-]. The average molecular weight is 253 g/mol. The quantitative estimate of drug-likeness (QED) is 0.586. The van der Waals surface area contributed by atoms with Gasteiger partial charge in [0.2, 0.25) is 0 Å². The fraction of sp³-hybridized carbons (Fsp3) is 0.500. The number of benzene rings is 1. The molecule has 0 saturated heterocycles. The van der Waals surface area contributed by atoms with Crippen LogP contribution in [0.5, 0.6) is 0 Å². The molecule has 0 aliphatic heterocycles. The summed E-state index contributed by atoms with van der Waals surface area (Å²) in [5.41, 5.74) is 1.26. The number of hydrogen-bond acceptors (Lipinski definition) is 5. The number of likely N-dealkylation sites (N-methyl/N-ethyl adjacent to an activating group) is 1. The van der Waals surface area contributed by atoms with Gasteiger partial charge in [0.05, 0.1) is 11.0 Å². The molecule has 1 rings (SSSR count). The highest BCUT2D eigenvalue weighted by Gasteiger charge is 2.18. The van der Waals surface area contributed by atoms with E-state index >= 15 is 0 Å². The second-order valence-electron chi connectivity index (χ2n) is 4.44. The fourth-order valence-corrected chi connectivity index (χ4v) is 1.94. The van der Waals surface area contributed by atoms with E-state index in [9.17, 15) is 15.2 Å². The van der Waals surface area contributed by atoms with Gasteiger partial charge in [0.15, 0.2) is 0 Å². The van der Waals surface area contributed by atoms with Crippen LogP contribution in [0.2, 0.25) is 0 Å². The monoisotopic (exact) mass is 253 g/mol. The van der Waals surface area contributed by atoms with E-state index in [0.717, 1.165) is 5.56 Å². The Morgan fingerprint density at radius 1 is 1.50 bits per heavy atom. The van der Waals surface area contributed by atoms with Gasteiger partial charge in [0.25, 0.3) is 5.69 Å². The van der Waals surface area contributed by atoms with Crippen LogP contribution < -0.4 is 5.32 Å². The third kappa shape index (κ3) is 3.68. The predicted molar refractivity (Wildman–Crippen MR) is 70.9 cm³/mol. The highest BCUT2D eigenvalue weighted by Crippen LogP contribution is 2.28. The average Bonchev–Trinajstić information content (AvgIpc) is 2.27. The van der Waals surface area contributed by atoms with Gasteiger partial charge < -0.3 is 15.3 Å². The van der Waals surface area contributed by atoms with E-state index in [1.54, 1.807) is 19.2 Å². The number of nitro benzene ring substituents is 1. The summed E-state index contributed by atoms with van der Waals surface area (Å²) < 4.78 is 0. The summed E-state index contributed by atoms with van der Waals surface area (Å²) in [7, 11) is 5.38. The topological polar surface area (TPSA) is 78.6 Å². The zero-order valence-electron chi connectivity index (χ0n) is 10.9. The molecule has 0 aliphatic rings. The number of aliphatic hydroxyl groups excluding tert-OH is 1. The van der Waals surface area contributed by atoms with Crippen LogP contribution in [0, 0.1) is 10.1 Å². The van der Waals surface area contributed by atoms with Crippen LogP contribution in [-0.4, -0.2) is 48.7 Å². The van der Waals surface area contributed by atoms with Crippen molar-refractivity contribution in [2.24, 2.45) is 0 Å². The predicted octanol–water partition coefficient (Wildman–Crippen LogP) is 1.10. The summed E-state index contributed by atoms with van der Waals surface area (Å²) in [5.74, 6) is 0. The normalized spacial score (nSPS) is 12.5. The van der Waals surface area contributed by atoms with Gasteiger partial charge in [-0.15, -0.1) is 0 Å². The molecule has 0 aliphatic carbocycles. The molecule has 1 atom stereocenters. The number of hydrogen-bond donors (Lipinski definition) is 2. The van der Waals surface area contributed by atoms with Crippen molar-refractivity contribution in [3.05, 3.63) is 33.9 Å². The van der Waals surface area contributed by atoms with Crippen molar-refractivity contribution in [2.75, 3.05) is 33.0 Å². The van der Waals surface area contributed by atoms with Gasteiger partial charge in [-0.2, -0.15) is 0 Å². The first-order chi connectivity index (χ1) is 8.45. The first-order valence-corrected chi connectivity index (χ1v) is 5.72. The smallest absolute Gasteiger partial charge is 0.292 e. The molecule has 1 aromatic carbocycles. The van der Waals surface area contributed by atoms with Gasteiger partial charge in [-0.1, -0.05) is 12.1 Å². The molecule has 6 nitrogen and oxygen atoms in total. The van der Waals surface area contributed by atoms with Crippen molar-refractivity contribution < 1.29 is 10.0 Å². The van der Waals surface area contributed by atoms with Crippen LogP contribution in [0.3, 0.4) is 0 Å². The van der Waals surface area contributed by atoms with Crippen LogP contribution in [0.25, 0.3) is 0 Å². The molecule has 0 heterocycles. The van der Waals surface area contributed by atoms with Crippen LogP contribution in [0.4, 0.5) is 11.4 Å². The minimum Gasteiger partial charge on any atom is -0.391 e. The van der Waals surface area contributed by atoms with E-state index in [-0.39, 0.29) is 5.69 Å². The van der Waals surface area contributed by atoms with Crippen molar-refractivity contribution in [3.8, 4) is 0 Å². The molecule has 2 N–H and O–H groups in total.